The number of aryl methyl sites for hydroxylation is 1. The van der Waals surface area contributed by atoms with Crippen LogP contribution in [0.3, 0.4) is 0 Å². The van der Waals surface area contributed by atoms with E-state index in [1.54, 1.807) is 24.4 Å². The highest BCUT2D eigenvalue weighted by molar-refractivity contribution is 7.15. The first-order valence-electron chi connectivity index (χ1n) is 4.99. The molecule has 2 amide bonds. The van der Waals surface area contributed by atoms with Gasteiger partial charge in [0.25, 0.3) is 0 Å². The summed E-state index contributed by atoms with van der Waals surface area (Å²) in [5, 5.41) is 6.71. The van der Waals surface area contributed by atoms with Crippen LogP contribution in [-0.2, 0) is 0 Å². The minimum atomic E-state index is -0.386. The van der Waals surface area contributed by atoms with E-state index in [2.05, 4.69) is 15.6 Å². The van der Waals surface area contributed by atoms with Gasteiger partial charge in [-0.25, -0.2) is 9.78 Å². The zero-order valence-corrected chi connectivity index (χ0v) is 11.7. The van der Waals surface area contributed by atoms with Crippen molar-refractivity contribution in [2.24, 2.45) is 0 Å². The molecule has 0 aliphatic carbocycles. The second-order valence-corrected chi connectivity index (χ2v) is 5.62. The lowest BCUT2D eigenvalue weighted by Crippen LogP contribution is -2.19. The molecule has 1 heterocycles. The third kappa shape index (κ3) is 3.60. The van der Waals surface area contributed by atoms with Gasteiger partial charge < -0.3 is 5.32 Å². The molecule has 0 saturated heterocycles. The number of nitrogens with one attached hydrogen (secondary N) is 2. The van der Waals surface area contributed by atoms with Crippen LogP contribution in [0.15, 0.2) is 24.4 Å². The molecule has 2 N–H and O–H groups in total. The lowest BCUT2D eigenvalue weighted by atomic mass is 10.3. The summed E-state index contributed by atoms with van der Waals surface area (Å²) in [6, 6.07) is 4.43. The lowest BCUT2D eigenvalue weighted by Gasteiger charge is -2.06. The zero-order valence-electron chi connectivity index (χ0n) is 9.33. The molecule has 1 aromatic heterocycles. The molecule has 0 spiro atoms. The number of halogens is 2. The Labute approximate surface area is 118 Å². The predicted molar refractivity (Wildman–Crippen MR) is 76.0 cm³/mol. The fourth-order valence-electron chi connectivity index (χ4n) is 1.30. The molecule has 4 nitrogen and oxygen atoms in total. The van der Waals surface area contributed by atoms with Crippen molar-refractivity contribution in [3.63, 3.8) is 0 Å². The van der Waals surface area contributed by atoms with Crippen LogP contribution in [0.25, 0.3) is 0 Å². The fourth-order valence-corrected chi connectivity index (χ4v) is 2.48. The van der Waals surface area contributed by atoms with Gasteiger partial charge in [-0.2, -0.15) is 0 Å². The number of anilines is 2. The monoisotopic (exact) mass is 301 g/mol. The highest BCUT2D eigenvalue weighted by atomic mass is 35.5. The first-order valence-corrected chi connectivity index (χ1v) is 6.57. The molecule has 0 aliphatic heterocycles. The van der Waals surface area contributed by atoms with Gasteiger partial charge in [0.2, 0.25) is 0 Å². The fraction of sp³-hybridized carbons (Fsp3) is 0.0909. The van der Waals surface area contributed by atoms with Crippen molar-refractivity contribution >= 4 is 51.4 Å². The molecule has 2 rings (SSSR count). The van der Waals surface area contributed by atoms with Crippen LogP contribution in [0.2, 0.25) is 10.0 Å². The van der Waals surface area contributed by atoms with E-state index < -0.39 is 0 Å². The summed E-state index contributed by atoms with van der Waals surface area (Å²) in [7, 11) is 0. The molecular weight excluding hydrogens is 293 g/mol. The number of urea groups is 1. The maximum absolute atomic E-state index is 11.7. The standard InChI is InChI=1S/C11H9Cl2N3OS/c1-6-5-14-11(18-6)16-10(17)15-9-3-7(12)2-8(13)4-9/h2-5H,1H3,(H2,14,15,16,17). The second kappa shape index (κ2) is 5.56. The molecule has 94 valence electrons. The summed E-state index contributed by atoms with van der Waals surface area (Å²) >= 11 is 13.1. The Hall–Kier alpha value is -1.30. The molecule has 0 saturated carbocycles. The third-order valence-corrected chi connectivity index (χ3v) is 3.23. The number of benzene rings is 1. The molecule has 0 atom stereocenters. The average molecular weight is 302 g/mol. The first kappa shape index (κ1) is 13.1. The van der Waals surface area contributed by atoms with Crippen molar-refractivity contribution in [1.29, 1.82) is 0 Å². The van der Waals surface area contributed by atoms with E-state index in [4.69, 9.17) is 23.2 Å². The van der Waals surface area contributed by atoms with E-state index in [1.165, 1.54) is 11.3 Å². The highest BCUT2D eigenvalue weighted by Gasteiger charge is 2.06. The van der Waals surface area contributed by atoms with Gasteiger partial charge >= 0.3 is 6.03 Å². The number of carbonyl (C=O) groups excluding carboxylic acids is 1. The van der Waals surface area contributed by atoms with Crippen LogP contribution < -0.4 is 10.6 Å². The number of hydrogen-bond acceptors (Lipinski definition) is 3. The Kier molecular flexibility index (Phi) is 4.06. The number of rotatable bonds is 2. The molecule has 0 unspecified atom stereocenters. The topological polar surface area (TPSA) is 54.0 Å². The van der Waals surface area contributed by atoms with Crippen molar-refractivity contribution in [2.45, 2.75) is 6.92 Å². The first-order chi connectivity index (χ1) is 8.52. The van der Waals surface area contributed by atoms with Gasteiger partial charge in [-0.3, -0.25) is 5.32 Å². The average Bonchev–Trinajstić information content (AvgIpc) is 2.61. The van der Waals surface area contributed by atoms with Gasteiger partial charge in [0.05, 0.1) is 0 Å². The SMILES string of the molecule is Cc1cnc(NC(=O)Nc2cc(Cl)cc(Cl)c2)s1. The van der Waals surface area contributed by atoms with Crippen molar-refractivity contribution in [3.8, 4) is 0 Å². The van der Waals surface area contributed by atoms with E-state index in [0.29, 0.717) is 20.9 Å². The Morgan fingerprint density at radius 1 is 1.22 bits per heavy atom. The lowest BCUT2D eigenvalue weighted by molar-refractivity contribution is 0.262. The molecule has 7 heteroatoms. The number of thiazole rings is 1. The van der Waals surface area contributed by atoms with Crippen LogP contribution in [0.5, 0.6) is 0 Å². The summed E-state index contributed by atoms with van der Waals surface area (Å²) in [6.07, 6.45) is 1.69. The van der Waals surface area contributed by atoms with Crippen molar-refractivity contribution < 1.29 is 4.79 Å². The van der Waals surface area contributed by atoms with Crippen molar-refractivity contribution in [3.05, 3.63) is 39.3 Å². The molecule has 2 aromatic rings. The van der Waals surface area contributed by atoms with Crippen molar-refractivity contribution in [1.82, 2.24) is 4.98 Å². The summed E-state index contributed by atoms with van der Waals surface area (Å²) in [6.45, 7) is 1.91. The Morgan fingerprint density at radius 3 is 2.44 bits per heavy atom. The summed E-state index contributed by atoms with van der Waals surface area (Å²) in [5.74, 6) is 0. The van der Waals surface area contributed by atoms with Crippen LogP contribution >= 0.6 is 34.5 Å². The second-order valence-electron chi connectivity index (χ2n) is 3.51. The Morgan fingerprint density at radius 2 is 1.89 bits per heavy atom. The van der Waals surface area contributed by atoms with E-state index in [-0.39, 0.29) is 6.03 Å². The van der Waals surface area contributed by atoms with E-state index >= 15 is 0 Å². The molecule has 0 bridgehead atoms. The van der Waals surface area contributed by atoms with Gasteiger partial charge in [-0.05, 0) is 25.1 Å². The van der Waals surface area contributed by atoms with Crippen molar-refractivity contribution in [2.75, 3.05) is 10.6 Å². The summed E-state index contributed by atoms with van der Waals surface area (Å²) < 4.78 is 0. The normalized spacial score (nSPS) is 10.2. The van der Waals surface area contributed by atoms with Gasteiger partial charge in [-0.1, -0.05) is 23.2 Å². The minimum Gasteiger partial charge on any atom is -0.308 e. The molecule has 18 heavy (non-hydrogen) atoms. The molecule has 0 fully saturated rings. The molecular formula is C11H9Cl2N3OS. The van der Waals surface area contributed by atoms with Gasteiger partial charge in [0.15, 0.2) is 5.13 Å². The Bertz CT molecular complexity index is 565. The minimum absolute atomic E-state index is 0.386. The summed E-state index contributed by atoms with van der Waals surface area (Å²) in [5.41, 5.74) is 0.526. The number of nitrogens with zero attached hydrogens (tertiary/aromatic N) is 1. The zero-order chi connectivity index (χ0) is 13.1. The van der Waals surface area contributed by atoms with E-state index in [0.717, 1.165) is 4.88 Å². The molecule has 0 aliphatic rings. The van der Waals surface area contributed by atoms with Gasteiger partial charge in [0, 0.05) is 26.8 Å². The Balaban J connectivity index is 2.02. The summed E-state index contributed by atoms with van der Waals surface area (Å²) in [4.78, 5) is 16.7. The van der Waals surface area contributed by atoms with Gasteiger partial charge in [0.1, 0.15) is 0 Å². The van der Waals surface area contributed by atoms with Crippen LogP contribution in [0, 0.1) is 6.92 Å². The third-order valence-electron chi connectivity index (χ3n) is 1.96. The largest absolute Gasteiger partial charge is 0.325 e. The van der Waals surface area contributed by atoms with Crippen LogP contribution in [0.4, 0.5) is 15.6 Å². The predicted octanol–water partition coefficient (Wildman–Crippen LogP) is 4.40. The van der Waals surface area contributed by atoms with E-state index in [9.17, 15) is 4.79 Å². The maximum Gasteiger partial charge on any atom is 0.325 e. The molecule has 1 aromatic carbocycles. The highest BCUT2D eigenvalue weighted by Crippen LogP contribution is 2.23. The van der Waals surface area contributed by atoms with E-state index in [1.807, 2.05) is 6.92 Å². The number of hydrogen-bond donors (Lipinski definition) is 2. The van der Waals surface area contributed by atoms with Crippen LogP contribution in [-0.4, -0.2) is 11.0 Å². The number of carbonyl (C=O) groups is 1. The maximum atomic E-state index is 11.7. The smallest absolute Gasteiger partial charge is 0.308 e. The number of amides is 2. The van der Waals surface area contributed by atoms with Crippen LogP contribution in [0.1, 0.15) is 4.88 Å². The van der Waals surface area contributed by atoms with Gasteiger partial charge in [-0.15, -0.1) is 11.3 Å². The molecule has 0 radical (unpaired) electrons. The quantitative estimate of drug-likeness (QED) is 0.863. The number of aromatic nitrogens is 1.